The van der Waals surface area contributed by atoms with E-state index >= 15 is 0 Å². The van der Waals surface area contributed by atoms with Gasteiger partial charge >= 0.3 is 12.1 Å². The molecule has 1 atom stereocenters. The molecule has 33 heavy (non-hydrogen) atoms. The first-order chi connectivity index (χ1) is 15.4. The highest BCUT2D eigenvalue weighted by Gasteiger charge is 2.38. The Labute approximate surface area is 190 Å². The lowest BCUT2D eigenvalue weighted by atomic mass is 9.98. The van der Waals surface area contributed by atoms with Gasteiger partial charge in [-0.1, -0.05) is 12.1 Å². The third-order valence-electron chi connectivity index (χ3n) is 5.29. The smallest absolute Gasteiger partial charge is 0.421 e. The van der Waals surface area contributed by atoms with Crippen molar-refractivity contribution in [2.45, 2.75) is 58.0 Å². The van der Waals surface area contributed by atoms with Crippen LogP contribution in [0.3, 0.4) is 0 Å². The highest BCUT2D eigenvalue weighted by molar-refractivity contribution is 5.70. The standard InChI is InChI=1S/C23H28F3N3O4/c1-22(2,3)33-20(30)10-12-28-11-9-19(28)18-13-17(23(24,25)26)21(31)29(27-18)14-15-5-7-16(32-4)8-6-15/h5-8,13,19H,9-12,14H2,1-4H3. The number of likely N-dealkylation sites (tertiary alicyclic amines) is 1. The fraction of sp³-hybridized carbons (Fsp3) is 0.522. The molecule has 1 saturated heterocycles. The summed E-state index contributed by atoms with van der Waals surface area (Å²) in [6, 6.07) is 7.10. The molecule has 1 aliphatic heterocycles. The molecule has 1 aliphatic rings. The molecule has 2 aromatic rings. The minimum absolute atomic E-state index is 0.107. The predicted octanol–water partition coefficient (Wildman–Crippen LogP) is 3.80. The van der Waals surface area contributed by atoms with Crippen molar-refractivity contribution >= 4 is 5.97 Å². The van der Waals surface area contributed by atoms with Crippen molar-refractivity contribution in [2.75, 3.05) is 20.2 Å². The summed E-state index contributed by atoms with van der Waals surface area (Å²) in [5, 5.41) is 4.26. The van der Waals surface area contributed by atoms with E-state index in [0.717, 1.165) is 10.7 Å². The van der Waals surface area contributed by atoms with Crippen LogP contribution in [0.1, 0.15) is 56.5 Å². The van der Waals surface area contributed by atoms with Gasteiger partial charge in [-0.05, 0) is 51.0 Å². The average molecular weight is 467 g/mol. The Morgan fingerprint density at radius 2 is 1.85 bits per heavy atom. The van der Waals surface area contributed by atoms with Crippen LogP contribution >= 0.6 is 0 Å². The minimum atomic E-state index is -4.80. The van der Waals surface area contributed by atoms with E-state index < -0.39 is 28.9 Å². The number of esters is 1. The molecule has 0 aliphatic carbocycles. The Balaban J connectivity index is 1.83. The Morgan fingerprint density at radius 1 is 1.18 bits per heavy atom. The third-order valence-corrected chi connectivity index (χ3v) is 5.29. The number of ether oxygens (including phenoxy) is 2. The topological polar surface area (TPSA) is 73.7 Å². The fourth-order valence-corrected chi connectivity index (χ4v) is 3.61. The molecular weight excluding hydrogens is 439 g/mol. The van der Waals surface area contributed by atoms with Crippen LogP contribution in [-0.4, -0.2) is 46.5 Å². The molecule has 7 nitrogen and oxygen atoms in total. The Morgan fingerprint density at radius 3 is 2.36 bits per heavy atom. The first kappa shape index (κ1) is 24.8. The lowest BCUT2D eigenvalue weighted by Crippen LogP contribution is -2.44. The van der Waals surface area contributed by atoms with Crippen molar-refractivity contribution in [1.82, 2.24) is 14.7 Å². The number of methoxy groups -OCH3 is 1. The Bertz CT molecular complexity index is 1040. The monoisotopic (exact) mass is 467 g/mol. The highest BCUT2D eigenvalue weighted by Crippen LogP contribution is 2.34. The third kappa shape index (κ3) is 6.34. The number of rotatable bonds is 7. The molecule has 1 aromatic carbocycles. The van der Waals surface area contributed by atoms with Crippen molar-refractivity contribution in [3.8, 4) is 5.75 Å². The van der Waals surface area contributed by atoms with Crippen LogP contribution in [0.15, 0.2) is 35.1 Å². The fourth-order valence-electron chi connectivity index (χ4n) is 3.61. The number of alkyl halides is 3. The van der Waals surface area contributed by atoms with Crippen molar-refractivity contribution in [3.63, 3.8) is 0 Å². The van der Waals surface area contributed by atoms with Gasteiger partial charge in [-0.2, -0.15) is 18.3 Å². The summed E-state index contributed by atoms with van der Waals surface area (Å²) in [6.45, 7) is 6.16. The van der Waals surface area contributed by atoms with Gasteiger partial charge in [-0.25, -0.2) is 4.68 Å². The largest absolute Gasteiger partial charge is 0.497 e. The summed E-state index contributed by atoms with van der Waals surface area (Å²) < 4.78 is 52.1. The van der Waals surface area contributed by atoms with Crippen molar-refractivity contribution in [1.29, 1.82) is 0 Å². The molecule has 0 radical (unpaired) electrons. The number of nitrogens with zero attached hydrogens (tertiary/aromatic N) is 3. The van der Waals surface area contributed by atoms with E-state index in [-0.39, 0.29) is 24.6 Å². The maximum atomic E-state index is 13.6. The van der Waals surface area contributed by atoms with E-state index in [4.69, 9.17) is 9.47 Å². The highest BCUT2D eigenvalue weighted by atomic mass is 19.4. The number of halogens is 3. The number of aromatic nitrogens is 2. The SMILES string of the molecule is COc1ccc(Cn2nc(C3CCN3CCC(=O)OC(C)(C)C)cc(C(F)(F)F)c2=O)cc1. The lowest BCUT2D eigenvalue weighted by molar-refractivity contribution is -0.155. The van der Waals surface area contributed by atoms with Gasteiger partial charge in [-0.15, -0.1) is 0 Å². The van der Waals surface area contributed by atoms with Crippen molar-refractivity contribution < 1.29 is 27.4 Å². The van der Waals surface area contributed by atoms with Gasteiger partial charge in [0.15, 0.2) is 0 Å². The van der Waals surface area contributed by atoms with E-state index in [2.05, 4.69) is 5.10 Å². The molecular formula is C23H28F3N3O4. The van der Waals surface area contributed by atoms with Gasteiger partial charge in [-0.3, -0.25) is 14.5 Å². The van der Waals surface area contributed by atoms with Crippen LogP contribution in [0.25, 0.3) is 0 Å². The summed E-state index contributed by atoms with van der Waals surface area (Å²) in [5.74, 6) is 0.223. The van der Waals surface area contributed by atoms with E-state index in [1.165, 1.54) is 7.11 Å². The van der Waals surface area contributed by atoms with Crippen LogP contribution in [0.5, 0.6) is 5.75 Å². The van der Waals surface area contributed by atoms with E-state index in [0.29, 0.717) is 30.8 Å². The van der Waals surface area contributed by atoms with Gasteiger partial charge in [0.2, 0.25) is 0 Å². The molecule has 0 amide bonds. The zero-order valence-electron chi connectivity index (χ0n) is 19.1. The average Bonchev–Trinajstić information content (AvgIpc) is 2.68. The van der Waals surface area contributed by atoms with E-state index in [9.17, 15) is 22.8 Å². The molecule has 1 fully saturated rings. The number of carbonyl (C=O) groups excluding carboxylic acids is 1. The summed E-state index contributed by atoms with van der Waals surface area (Å²) in [6.07, 6.45) is -4.10. The van der Waals surface area contributed by atoms with Crippen LogP contribution in [0.2, 0.25) is 0 Å². The van der Waals surface area contributed by atoms with Gasteiger partial charge in [0, 0.05) is 13.1 Å². The molecule has 0 N–H and O–H groups in total. The summed E-state index contributed by atoms with van der Waals surface area (Å²) >= 11 is 0. The second-order valence-corrected chi connectivity index (χ2v) is 8.97. The van der Waals surface area contributed by atoms with Crippen molar-refractivity contribution in [3.05, 3.63) is 57.5 Å². The zero-order chi connectivity index (χ0) is 24.4. The van der Waals surface area contributed by atoms with E-state index in [1.807, 2.05) is 4.90 Å². The molecule has 10 heteroatoms. The van der Waals surface area contributed by atoms with Gasteiger partial charge in [0.25, 0.3) is 5.56 Å². The Hall–Kier alpha value is -2.88. The summed E-state index contributed by atoms with van der Waals surface area (Å²) in [7, 11) is 1.51. The van der Waals surface area contributed by atoms with Gasteiger partial charge in [0.05, 0.1) is 31.8 Å². The molecule has 2 heterocycles. The molecule has 0 saturated carbocycles. The summed E-state index contributed by atoms with van der Waals surface area (Å²) in [4.78, 5) is 26.4. The van der Waals surface area contributed by atoms with E-state index in [1.54, 1.807) is 45.0 Å². The maximum absolute atomic E-state index is 13.6. The molecule has 0 spiro atoms. The van der Waals surface area contributed by atoms with Gasteiger partial charge in [0.1, 0.15) is 16.9 Å². The number of benzene rings is 1. The van der Waals surface area contributed by atoms with Gasteiger partial charge < -0.3 is 9.47 Å². The van der Waals surface area contributed by atoms with Crippen molar-refractivity contribution in [2.24, 2.45) is 0 Å². The molecule has 1 aromatic heterocycles. The lowest BCUT2D eigenvalue weighted by Gasteiger charge is -2.40. The number of carbonyl (C=O) groups is 1. The maximum Gasteiger partial charge on any atom is 0.421 e. The normalized spacial score (nSPS) is 16.9. The molecule has 3 rings (SSSR count). The van der Waals surface area contributed by atoms with Crippen LogP contribution in [-0.2, 0) is 22.3 Å². The molecule has 1 unspecified atom stereocenters. The summed E-state index contributed by atoms with van der Waals surface area (Å²) in [5.41, 5.74) is -2.27. The second kappa shape index (κ2) is 9.54. The van der Waals surface area contributed by atoms with Crippen LogP contribution < -0.4 is 10.3 Å². The quantitative estimate of drug-likeness (QED) is 0.577. The first-order valence-corrected chi connectivity index (χ1v) is 10.7. The second-order valence-electron chi connectivity index (χ2n) is 8.97. The van der Waals surface area contributed by atoms with Crippen LogP contribution in [0, 0.1) is 0 Å². The zero-order valence-corrected chi connectivity index (χ0v) is 19.1. The first-order valence-electron chi connectivity index (χ1n) is 10.7. The molecule has 180 valence electrons. The molecule has 0 bridgehead atoms. The minimum Gasteiger partial charge on any atom is -0.497 e. The Kier molecular flexibility index (Phi) is 7.16. The predicted molar refractivity (Wildman–Crippen MR) is 115 cm³/mol. The number of hydrogen-bond donors (Lipinski definition) is 0. The number of hydrogen-bond acceptors (Lipinski definition) is 6. The van der Waals surface area contributed by atoms with Crippen LogP contribution in [0.4, 0.5) is 13.2 Å².